The predicted molar refractivity (Wildman–Crippen MR) is 78.4 cm³/mol. The quantitative estimate of drug-likeness (QED) is 0.878. The molecular weight excluding hydrogens is 269 g/mol. The molecule has 1 aromatic carbocycles. The largest absolute Gasteiger partial charge is 0.339 e. The number of nitrogens with zero attached hydrogens (tertiary/aromatic N) is 2. The van der Waals surface area contributed by atoms with Gasteiger partial charge in [-0.25, -0.2) is 4.39 Å². The summed E-state index contributed by atoms with van der Waals surface area (Å²) < 4.78 is 19.2. The number of likely N-dealkylation sites (N-methyl/N-ethyl adjacent to an activating group) is 1. The summed E-state index contributed by atoms with van der Waals surface area (Å²) in [4.78, 5) is 4.45. The molecule has 21 heavy (non-hydrogen) atoms. The lowest BCUT2D eigenvalue weighted by Crippen LogP contribution is -2.31. The maximum atomic E-state index is 13.8. The number of halogens is 1. The molecule has 1 heterocycles. The van der Waals surface area contributed by atoms with E-state index in [-0.39, 0.29) is 11.7 Å². The zero-order valence-corrected chi connectivity index (χ0v) is 12.2. The molecule has 0 spiro atoms. The molecule has 1 aliphatic rings. The molecule has 1 aliphatic carbocycles. The Morgan fingerprint density at radius 3 is 2.81 bits per heavy atom. The number of rotatable bonds is 3. The SMILES string of the molecule is CNC1CCCCCC1c1nc(-c2ccccc2F)no1. The summed E-state index contributed by atoms with van der Waals surface area (Å²) in [5, 5.41) is 7.32. The highest BCUT2D eigenvalue weighted by atomic mass is 19.1. The van der Waals surface area contributed by atoms with Gasteiger partial charge in [0.05, 0.1) is 11.5 Å². The molecule has 1 fully saturated rings. The molecule has 1 aromatic heterocycles. The van der Waals surface area contributed by atoms with Crippen LogP contribution in [0.2, 0.25) is 0 Å². The first-order valence-corrected chi connectivity index (χ1v) is 7.55. The second-order valence-corrected chi connectivity index (χ2v) is 5.58. The van der Waals surface area contributed by atoms with Crippen molar-refractivity contribution in [2.75, 3.05) is 7.05 Å². The highest BCUT2D eigenvalue weighted by Gasteiger charge is 2.29. The summed E-state index contributed by atoms with van der Waals surface area (Å²) in [6.07, 6.45) is 5.77. The van der Waals surface area contributed by atoms with Gasteiger partial charge >= 0.3 is 0 Å². The van der Waals surface area contributed by atoms with Crippen LogP contribution < -0.4 is 5.32 Å². The zero-order chi connectivity index (χ0) is 14.7. The Labute approximate surface area is 123 Å². The lowest BCUT2D eigenvalue weighted by Gasteiger charge is -2.20. The van der Waals surface area contributed by atoms with Crippen LogP contribution in [0, 0.1) is 5.82 Å². The van der Waals surface area contributed by atoms with Crippen LogP contribution in [0.5, 0.6) is 0 Å². The van der Waals surface area contributed by atoms with Crippen molar-refractivity contribution in [1.29, 1.82) is 0 Å². The van der Waals surface area contributed by atoms with E-state index in [1.54, 1.807) is 18.2 Å². The third-order valence-corrected chi connectivity index (χ3v) is 4.26. The molecule has 112 valence electrons. The van der Waals surface area contributed by atoms with Crippen molar-refractivity contribution in [3.8, 4) is 11.4 Å². The van der Waals surface area contributed by atoms with Gasteiger partial charge in [-0.3, -0.25) is 0 Å². The van der Waals surface area contributed by atoms with Crippen LogP contribution in [0.15, 0.2) is 28.8 Å². The lowest BCUT2D eigenvalue weighted by molar-refractivity contribution is 0.311. The Bertz CT molecular complexity index is 599. The van der Waals surface area contributed by atoms with Crippen molar-refractivity contribution in [3.63, 3.8) is 0 Å². The standard InChI is InChI=1S/C16H20FN3O/c1-18-14-10-4-2-3-8-12(14)16-19-15(20-21-16)11-7-5-6-9-13(11)17/h5-7,9,12,14,18H,2-4,8,10H2,1H3. The maximum Gasteiger partial charge on any atom is 0.231 e. The lowest BCUT2D eigenvalue weighted by atomic mass is 9.95. The zero-order valence-electron chi connectivity index (χ0n) is 12.2. The van der Waals surface area contributed by atoms with E-state index in [0.717, 1.165) is 12.8 Å². The van der Waals surface area contributed by atoms with Crippen LogP contribution in [-0.4, -0.2) is 23.2 Å². The van der Waals surface area contributed by atoms with Gasteiger partial charge < -0.3 is 9.84 Å². The molecule has 0 bridgehead atoms. The fourth-order valence-electron chi connectivity index (χ4n) is 3.09. The monoisotopic (exact) mass is 289 g/mol. The van der Waals surface area contributed by atoms with Gasteiger partial charge in [0.1, 0.15) is 5.82 Å². The molecule has 0 amide bonds. The highest BCUT2D eigenvalue weighted by Crippen LogP contribution is 2.32. The van der Waals surface area contributed by atoms with E-state index < -0.39 is 0 Å². The Morgan fingerprint density at radius 1 is 1.19 bits per heavy atom. The van der Waals surface area contributed by atoms with Gasteiger partial charge in [0.25, 0.3) is 0 Å². The van der Waals surface area contributed by atoms with Crippen LogP contribution in [0.3, 0.4) is 0 Å². The van der Waals surface area contributed by atoms with E-state index in [0.29, 0.717) is 23.3 Å². The van der Waals surface area contributed by atoms with E-state index >= 15 is 0 Å². The van der Waals surface area contributed by atoms with Crippen molar-refractivity contribution >= 4 is 0 Å². The molecular formula is C16H20FN3O. The van der Waals surface area contributed by atoms with Gasteiger partial charge in [-0.1, -0.05) is 36.6 Å². The van der Waals surface area contributed by atoms with E-state index in [9.17, 15) is 4.39 Å². The molecule has 4 nitrogen and oxygen atoms in total. The molecule has 1 N–H and O–H groups in total. The predicted octanol–water partition coefficient (Wildman–Crippen LogP) is 3.51. The van der Waals surface area contributed by atoms with E-state index in [1.165, 1.54) is 25.3 Å². The first-order valence-electron chi connectivity index (χ1n) is 7.55. The summed E-state index contributed by atoms with van der Waals surface area (Å²) in [7, 11) is 1.97. The van der Waals surface area contributed by atoms with Crippen LogP contribution in [0.1, 0.15) is 43.9 Å². The summed E-state index contributed by atoms with van der Waals surface area (Å²) >= 11 is 0. The number of hydrogen-bond acceptors (Lipinski definition) is 4. The van der Waals surface area contributed by atoms with Gasteiger partial charge in [-0.05, 0) is 32.0 Å². The minimum absolute atomic E-state index is 0.213. The molecule has 0 radical (unpaired) electrons. The summed E-state index contributed by atoms with van der Waals surface area (Å²) in [6.45, 7) is 0. The van der Waals surface area contributed by atoms with Crippen molar-refractivity contribution in [2.24, 2.45) is 0 Å². The van der Waals surface area contributed by atoms with Crippen molar-refractivity contribution < 1.29 is 8.91 Å². The molecule has 2 aromatic rings. The summed E-state index contributed by atoms with van der Waals surface area (Å²) in [6, 6.07) is 6.86. The summed E-state index contributed by atoms with van der Waals surface area (Å²) in [5.74, 6) is 0.845. The second-order valence-electron chi connectivity index (χ2n) is 5.58. The molecule has 1 saturated carbocycles. The van der Waals surface area contributed by atoms with Crippen LogP contribution in [0.25, 0.3) is 11.4 Å². The number of nitrogens with one attached hydrogen (secondary N) is 1. The van der Waals surface area contributed by atoms with Crippen LogP contribution in [-0.2, 0) is 0 Å². The Balaban J connectivity index is 1.88. The maximum absolute atomic E-state index is 13.8. The minimum Gasteiger partial charge on any atom is -0.339 e. The van der Waals surface area contributed by atoms with Gasteiger partial charge in [0.15, 0.2) is 0 Å². The number of hydrogen-bond donors (Lipinski definition) is 1. The molecule has 5 heteroatoms. The van der Waals surface area contributed by atoms with Crippen molar-refractivity contribution in [3.05, 3.63) is 36.0 Å². The average molecular weight is 289 g/mol. The Morgan fingerprint density at radius 2 is 2.00 bits per heavy atom. The molecule has 2 unspecified atom stereocenters. The normalized spacial score (nSPS) is 23.0. The molecule has 2 atom stereocenters. The average Bonchev–Trinajstić information content (AvgIpc) is 2.85. The first kappa shape index (κ1) is 14.2. The third kappa shape index (κ3) is 2.97. The fourth-order valence-corrected chi connectivity index (χ4v) is 3.09. The van der Waals surface area contributed by atoms with Gasteiger partial charge in [0.2, 0.25) is 11.7 Å². The highest BCUT2D eigenvalue weighted by molar-refractivity contribution is 5.54. The fraction of sp³-hybridized carbons (Fsp3) is 0.500. The second kappa shape index (κ2) is 6.35. The number of benzene rings is 1. The smallest absolute Gasteiger partial charge is 0.231 e. The topological polar surface area (TPSA) is 51.0 Å². The first-order chi connectivity index (χ1) is 10.3. The number of aromatic nitrogens is 2. The summed E-state index contributed by atoms with van der Waals surface area (Å²) in [5.41, 5.74) is 0.391. The van der Waals surface area contributed by atoms with Crippen molar-refractivity contribution in [2.45, 2.75) is 44.1 Å². The van der Waals surface area contributed by atoms with E-state index in [1.807, 2.05) is 7.05 Å². The van der Waals surface area contributed by atoms with E-state index in [2.05, 4.69) is 15.5 Å². The molecule has 0 saturated heterocycles. The molecule has 3 rings (SSSR count). The van der Waals surface area contributed by atoms with Gasteiger partial charge in [-0.15, -0.1) is 0 Å². The molecule has 0 aliphatic heterocycles. The van der Waals surface area contributed by atoms with Crippen molar-refractivity contribution in [1.82, 2.24) is 15.5 Å². The van der Waals surface area contributed by atoms with Gasteiger partial charge in [0, 0.05) is 6.04 Å². The van der Waals surface area contributed by atoms with Crippen LogP contribution in [0.4, 0.5) is 4.39 Å². The third-order valence-electron chi connectivity index (χ3n) is 4.26. The Hall–Kier alpha value is -1.75. The van der Waals surface area contributed by atoms with Gasteiger partial charge in [-0.2, -0.15) is 4.98 Å². The van der Waals surface area contributed by atoms with E-state index in [4.69, 9.17) is 4.52 Å². The van der Waals surface area contributed by atoms with Crippen LogP contribution >= 0.6 is 0 Å². The Kier molecular flexibility index (Phi) is 4.29. The minimum atomic E-state index is -0.323.